The fraction of sp³-hybridized carbons (Fsp3) is 0.667. The molecule has 8 heteroatoms. The highest BCUT2D eigenvalue weighted by Gasteiger charge is 2.36. The van der Waals surface area contributed by atoms with Crippen LogP contribution in [0.5, 0.6) is 5.88 Å². The summed E-state index contributed by atoms with van der Waals surface area (Å²) in [4.78, 5) is 11.9. The van der Waals surface area contributed by atoms with Gasteiger partial charge in [0.1, 0.15) is 18.7 Å². The minimum absolute atomic E-state index is 0.164. The Hall–Kier alpha value is -1.77. The number of aromatic nitrogens is 4. The van der Waals surface area contributed by atoms with Crippen LogP contribution < -0.4 is 0 Å². The molecule has 126 valence electrons. The van der Waals surface area contributed by atoms with E-state index in [1.165, 1.54) is 6.33 Å². The molecule has 1 fully saturated rings. The Morgan fingerprint density at radius 2 is 2.22 bits per heavy atom. The van der Waals surface area contributed by atoms with E-state index in [2.05, 4.69) is 21.9 Å². The van der Waals surface area contributed by atoms with Crippen LogP contribution in [-0.4, -0.2) is 55.2 Å². The maximum absolute atomic E-state index is 10.2. The monoisotopic (exact) mass is 322 g/mol. The van der Waals surface area contributed by atoms with E-state index in [4.69, 9.17) is 9.47 Å². The summed E-state index contributed by atoms with van der Waals surface area (Å²) >= 11 is 0. The second-order valence-electron chi connectivity index (χ2n) is 5.74. The molecule has 8 nitrogen and oxygen atoms in total. The van der Waals surface area contributed by atoms with Gasteiger partial charge in [-0.05, 0) is 6.42 Å². The van der Waals surface area contributed by atoms with E-state index in [0.717, 1.165) is 19.3 Å². The number of hydrogen-bond acceptors (Lipinski definition) is 7. The molecule has 2 N–H and O–H groups in total. The second kappa shape index (κ2) is 7.20. The Bertz CT molecular complexity index is 647. The molecule has 23 heavy (non-hydrogen) atoms. The molecule has 1 saturated heterocycles. The van der Waals surface area contributed by atoms with Crippen molar-refractivity contribution in [3.8, 4) is 5.88 Å². The molecule has 0 spiro atoms. The van der Waals surface area contributed by atoms with Gasteiger partial charge >= 0.3 is 0 Å². The molecule has 0 amide bonds. The van der Waals surface area contributed by atoms with Crippen LogP contribution in [0, 0.1) is 0 Å². The quantitative estimate of drug-likeness (QED) is 0.742. The van der Waals surface area contributed by atoms with Gasteiger partial charge in [-0.15, -0.1) is 0 Å². The van der Waals surface area contributed by atoms with Crippen molar-refractivity contribution in [2.24, 2.45) is 0 Å². The first kappa shape index (κ1) is 16.1. The zero-order chi connectivity index (χ0) is 16.2. The summed E-state index contributed by atoms with van der Waals surface area (Å²) < 4.78 is 13.2. The molecule has 0 aliphatic carbocycles. The third-order valence-electron chi connectivity index (χ3n) is 4.03. The molecule has 0 aromatic carbocycles. The number of aromatic hydroxyl groups is 1. The summed E-state index contributed by atoms with van der Waals surface area (Å²) in [5.74, 6) is -0.164. The predicted octanol–water partition coefficient (Wildman–Crippen LogP) is 1.39. The highest BCUT2D eigenvalue weighted by Crippen LogP contribution is 2.31. The second-order valence-corrected chi connectivity index (χ2v) is 5.74. The van der Waals surface area contributed by atoms with E-state index in [1.54, 1.807) is 10.9 Å². The van der Waals surface area contributed by atoms with E-state index in [9.17, 15) is 10.2 Å². The molecule has 1 aliphatic heterocycles. The third-order valence-corrected chi connectivity index (χ3v) is 4.03. The zero-order valence-electron chi connectivity index (χ0n) is 13.1. The normalized spacial score (nSPS) is 24.5. The van der Waals surface area contributed by atoms with Crippen LogP contribution in [0.1, 0.15) is 38.8 Å². The molecule has 2 aromatic heterocycles. The SMILES string of the molecule is CCCCCOC[C@H]1O[C@@H](n2cnc3c(O)ncnc32)C[C@@H]1O. The lowest BCUT2D eigenvalue weighted by atomic mass is 10.2. The van der Waals surface area contributed by atoms with Gasteiger partial charge < -0.3 is 19.7 Å². The van der Waals surface area contributed by atoms with E-state index in [1.807, 2.05) is 0 Å². The topological polar surface area (TPSA) is 103 Å². The van der Waals surface area contributed by atoms with Gasteiger partial charge in [0.15, 0.2) is 11.2 Å². The molecule has 0 radical (unpaired) electrons. The molecule has 3 rings (SSSR count). The van der Waals surface area contributed by atoms with Gasteiger partial charge in [0.2, 0.25) is 5.88 Å². The van der Waals surface area contributed by atoms with Crippen molar-refractivity contribution in [2.45, 2.75) is 51.0 Å². The van der Waals surface area contributed by atoms with Gasteiger partial charge in [-0.25, -0.2) is 9.97 Å². The molecule has 3 heterocycles. The Kier molecular flexibility index (Phi) is 5.04. The summed E-state index contributed by atoms with van der Waals surface area (Å²) in [6.07, 6.45) is 5.21. The average molecular weight is 322 g/mol. The van der Waals surface area contributed by atoms with Crippen molar-refractivity contribution in [2.75, 3.05) is 13.2 Å². The van der Waals surface area contributed by atoms with Crippen molar-refractivity contribution in [3.63, 3.8) is 0 Å². The Morgan fingerprint density at radius 3 is 3.04 bits per heavy atom. The van der Waals surface area contributed by atoms with Crippen molar-refractivity contribution < 1.29 is 19.7 Å². The lowest BCUT2D eigenvalue weighted by molar-refractivity contribution is -0.0616. The minimum Gasteiger partial charge on any atom is -0.492 e. The fourth-order valence-electron chi connectivity index (χ4n) is 2.74. The summed E-state index contributed by atoms with van der Waals surface area (Å²) in [7, 11) is 0. The van der Waals surface area contributed by atoms with Crippen LogP contribution in [0.25, 0.3) is 11.2 Å². The molecule has 3 atom stereocenters. The molecular weight excluding hydrogens is 300 g/mol. The van der Waals surface area contributed by atoms with Crippen molar-refractivity contribution >= 4 is 11.2 Å². The molecule has 1 aliphatic rings. The third kappa shape index (κ3) is 3.44. The summed E-state index contributed by atoms with van der Waals surface area (Å²) in [6, 6.07) is 0. The number of aliphatic hydroxyl groups is 1. The van der Waals surface area contributed by atoms with Crippen LogP contribution in [0.3, 0.4) is 0 Å². The first-order valence-electron chi connectivity index (χ1n) is 7.98. The number of hydrogen-bond donors (Lipinski definition) is 2. The number of aliphatic hydroxyl groups excluding tert-OH is 1. The van der Waals surface area contributed by atoms with Gasteiger partial charge in [-0.2, -0.15) is 4.98 Å². The van der Waals surface area contributed by atoms with Crippen LogP contribution in [0.15, 0.2) is 12.7 Å². The first-order chi connectivity index (χ1) is 11.2. The van der Waals surface area contributed by atoms with E-state index < -0.39 is 6.10 Å². The maximum atomic E-state index is 10.2. The molecular formula is C15H22N4O4. The van der Waals surface area contributed by atoms with Crippen LogP contribution in [0.2, 0.25) is 0 Å². The van der Waals surface area contributed by atoms with Crippen molar-refractivity contribution in [3.05, 3.63) is 12.7 Å². The zero-order valence-corrected chi connectivity index (χ0v) is 13.1. The largest absolute Gasteiger partial charge is 0.492 e. The number of fused-ring (bicyclic) bond motifs is 1. The number of rotatable bonds is 7. The van der Waals surface area contributed by atoms with Gasteiger partial charge in [0.05, 0.1) is 19.0 Å². The summed E-state index contributed by atoms with van der Waals surface area (Å²) in [6.45, 7) is 3.19. The number of ether oxygens (including phenoxy) is 2. The van der Waals surface area contributed by atoms with Crippen molar-refractivity contribution in [1.82, 2.24) is 19.5 Å². The predicted molar refractivity (Wildman–Crippen MR) is 81.9 cm³/mol. The Morgan fingerprint density at radius 1 is 1.35 bits per heavy atom. The van der Waals surface area contributed by atoms with E-state index in [-0.39, 0.29) is 18.2 Å². The highest BCUT2D eigenvalue weighted by atomic mass is 16.6. The fourth-order valence-corrected chi connectivity index (χ4v) is 2.74. The lowest BCUT2D eigenvalue weighted by Gasteiger charge is -2.15. The summed E-state index contributed by atoms with van der Waals surface area (Å²) in [5, 5.41) is 19.8. The van der Waals surface area contributed by atoms with E-state index >= 15 is 0 Å². The standard InChI is InChI=1S/C15H22N4O4/c1-2-3-4-5-22-7-11-10(20)6-12(23-11)19-9-18-13-14(19)16-8-17-15(13)21/h8-12,20H,2-7H2,1H3,(H,16,17,21)/t10-,11+,12+/m0/s1. The number of nitrogens with zero attached hydrogens (tertiary/aromatic N) is 4. The number of unbranched alkanes of at least 4 members (excludes halogenated alkanes) is 2. The van der Waals surface area contributed by atoms with Gasteiger partial charge in [0.25, 0.3) is 0 Å². The maximum Gasteiger partial charge on any atom is 0.242 e. The Balaban J connectivity index is 1.62. The molecule has 2 aromatic rings. The number of imidazole rings is 1. The van der Waals surface area contributed by atoms with Gasteiger partial charge in [-0.1, -0.05) is 19.8 Å². The lowest BCUT2D eigenvalue weighted by Crippen LogP contribution is -2.26. The van der Waals surface area contributed by atoms with Crippen LogP contribution >= 0.6 is 0 Å². The highest BCUT2D eigenvalue weighted by molar-refractivity contribution is 5.75. The molecule has 0 unspecified atom stereocenters. The van der Waals surface area contributed by atoms with Crippen molar-refractivity contribution in [1.29, 1.82) is 0 Å². The molecule has 0 saturated carbocycles. The first-order valence-corrected chi connectivity index (χ1v) is 7.98. The smallest absolute Gasteiger partial charge is 0.242 e. The minimum atomic E-state index is -0.598. The van der Waals surface area contributed by atoms with Crippen LogP contribution in [-0.2, 0) is 9.47 Å². The Labute approximate surface area is 134 Å². The summed E-state index contributed by atoms with van der Waals surface area (Å²) in [5.41, 5.74) is 0.809. The van der Waals surface area contributed by atoms with Gasteiger partial charge in [0, 0.05) is 13.0 Å². The molecule has 0 bridgehead atoms. The average Bonchev–Trinajstić information content (AvgIpc) is 3.12. The van der Waals surface area contributed by atoms with Crippen LogP contribution in [0.4, 0.5) is 0 Å². The van der Waals surface area contributed by atoms with Gasteiger partial charge in [-0.3, -0.25) is 4.57 Å². The van der Waals surface area contributed by atoms with E-state index in [0.29, 0.717) is 30.8 Å².